The van der Waals surface area contributed by atoms with Gasteiger partial charge in [-0.2, -0.15) is 9.90 Å². The molecule has 0 saturated heterocycles. The SMILES string of the molecule is O=C(Cl)c1cnn(-c2ccc(Cl)cc2)n1. The maximum absolute atomic E-state index is 10.8. The number of rotatable bonds is 2. The molecule has 0 spiro atoms. The van der Waals surface area contributed by atoms with E-state index in [2.05, 4.69) is 10.2 Å². The van der Waals surface area contributed by atoms with Crippen LogP contribution in [0.15, 0.2) is 30.5 Å². The summed E-state index contributed by atoms with van der Waals surface area (Å²) in [6, 6.07) is 6.90. The first-order valence-electron chi connectivity index (χ1n) is 4.05. The fraction of sp³-hybridized carbons (Fsp3) is 0. The summed E-state index contributed by atoms with van der Waals surface area (Å²) >= 11 is 11.0. The minimum Gasteiger partial charge on any atom is -0.274 e. The molecule has 0 aliphatic heterocycles. The summed E-state index contributed by atoms with van der Waals surface area (Å²) in [5, 5.41) is 7.78. The molecule has 0 saturated carbocycles. The molecule has 0 atom stereocenters. The Morgan fingerprint density at radius 2 is 1.93 bits per heavy atom. The number of hydrogen-bond donors (Lipinski definition) is 0. The van der Waals surface area contributed by atoms with Crippen LogP contribution in [0.3, 0.4) is 0 Å². The zero-order valence-electron chi connectivity index (χ0n) is 7.39. The molecule has 0 amide bonds. The number of halogens is 2. The zero-order chi connectivity index (χ0) is 10.8. The normalized spacial score (nSPS) is 10.3. The van der Waals surface area contributed by atoms with E-state index in [4.69, 9.17) is 23.2 Å². The maximum atomic E-state index is 10.8. The van der Waals surface area contributed by atoms with Crippen molar-refractivity contribution in [2.24, 2.45) is 0 Å². The van der Waals surface area contributed by atoms with Crippen LogP contribution in [-0.4, -0.2) is 20.2 Å². The van der Waals surface area contributed by atoms with E-state index in [-0.39, 0.29) is 5.69 Å². The van der Waals surface area contributed by atoms with Gasteiger partial charge in [-0.25, -0.2) is 0 Å². The predicted molar refractivity (Wildman–Crippen MR) is 56.6 cm³/mol. The van der Waals surface area contributed by atoms with Crippen molar-refractivity contribution in [1.82, 2.24) is 15.0 Å². The molecule has 1 heterocycles. The van der Waals surface area contributed by atoms with Crippen molar-refractivity contribution in [2.45, 2.75) is 0 Å². The summed E-state index contributed by atoms with van der Waals surface area (Å²) in [4.78, 5) is 12.1. The Hall–Kier alpha value is -1.39. The van der Waals surface area contributed by atoms with Gasteiger partial charge in [0.2, 0.25) is 0 Å². The Bertz CT molecular complexity index is 492. The molecule has 1 aromatic heterocycles. The minimum absolute atomic E-state index is 0.117. The van der Waals surface area contributed by atoms with E-state index < -0.39 is 5.24 Å². The highest BCUT2D eigenvalue weighted by Gasteiger charge is 2.07. The van der Waals surface area contributed by atoms with Gasteiger partial charge in [0.1, 0.15) is 0 Å². The molecule has 0 bridgehead atoms. The third-order valence-corrected chi connectivity index (χ3v) is 2.20. The van der Waals surface area contributed by atoms with Gasteiger partial charge in [0, 0.05) is 5.02 Å². The van der Waals surface area contributed by atoms with Gasteiger partial charge in [0.05, 0.1) is 11.9 Å². The van der Waals surface area contributed by atoms with Gasteiger partial charge in [-0.15, -0.1) is 5.10 Å². The summed E-state index contributed by atoms with van der Waals surface area (Å²) in [6.07, 6.45) is 1.31. The van der Waals surface area contributed by atoms with Crippen LogP contribution in [0, 0.1) is 0 Å². The Morgan fingerprint density at radius 3 is 2.47 bits per heavy atom. The lowest BCUT2D eigenvalue weighted by Gasteiger charge is -1.97. The monoisotopic (exact) mass is 241 g/mol. The second kappa shape index (κ2) is 4.00. The molecular formula is C9H5Cl2N3O. The van der Waals surface area contributed by atoms with Crippen molar-refractivity contribution in [3.63, 3.8) is 0 Å². The van der Waals surface area contributed by atoms with Crippen LogP contribution in [-0.2, 0) is 0 Å². The van der Waals surface area contributed by atoms with Crippen molar-refractivity contribution in [3.8, 4) is 5.69 Å². The number of hydrogen-bond acceptors (Lipinski definition) is 3. The Balaban J connectivity index is 2.37. The third kappa shape index (κ3) is 2.16. The molecule has 15 heavy (non-hydrogen) atoms. The highest BCUT2D eigenvalue weighted by atomic mass is 35.5. The number of carbonyl (C=O) groups excluding carboxylic acids is 1. The van der Waals surface area contributed by atoms with Crippen LogP contribution >= 0.6 is 23.2 Å². The van der Waals surface area contributed by atoms with E-state index in [1.165, 1.54) is 11.0 Å². The number of nitrogens with zero attached hydrogens (tertiary/aromatic N) is 3. The van der Waals surface area contributed by atoms with E-state index in [1.807, 2.05) is 0 Å². The van der Waals surface area contributed by atoms with E-state index in [0.29, 0.717) is 10.7 Å². The Kier molecular flexibility index (Phi) is 2.70. The molecule has 2 aromatic rings. The molecule has 76 valence electrons. The van der Waals surface area contributed by atoms with Gasteiger partial charge in [0.15, 0.2) is 5.69 Å². The van der Waals surface area contributed by atoms with Crippen LogP contribution in [0.4, 0.5) is 0 Å². The maximum Gasteiger partial charge on any atom is 0.274 e. The molecule has 0 N–H and O–H groups in total. The van der Waals surface area contributed by atoms with Crippen LogP contribution in [0.25, 0.3) is 5.69 Å². The standard InChI is InChI=1S/C9H5Cl2N3O/c10-6-1-3-7(4-2-6)14-12-5-8(13-14)9(11)15/h1-5H. The Morgan fingerprint density at radius 1 is 1.27 bits per heavy atom. The largest absolute Gasteiger partial charge is 0.274 e. The smallest absolute Gasteiger partial charge is 0.274 e. The van der Waals surface area contributed by atoms with Crippen LogP contribution < -0.4 is 0 Å². The summed E-state index contributed by atoms with van der Waals surface area (Å²) in [5.41, 5.74) is 0.829. The first-order chi connectivity index (χ1) is 7.16. The van der Waals surface area contributed by atoms with Gasteiger partial charge < -0.3 is 0 Å². The first kappa shape index (κ1) is 10.1. The molecule has 2 rings (SSSR count). The summed E-state index contributed by atoms with van der Waals surface area (Å²) in [6.45, 7) is 0. The first-order valence-corrected chi connectivity index (χ1v) is 4.80. The number of benzene rings is 1. The quantitative estimate of drug-likeness (QED) is 0.759. The molecule has 0 unspecified atom stereocenters. The van der Waals surface area contributed by atoms with E-state index in [9.17, 15) is 4.79 Å². The summed E-state index contributed by atoms with van der Waals surface area (Å²) in [5.74, 6) is 0. The second-order valence-electron chi connectivity index (χ2n) is 2.77. The fourth-order valence-corrected chi connectivity index (χ4v) is 1.26. The average Bonchev–Trinajstić information content (AvgIpc) is 2.68. The van der Waals surface area contributed by atoms with Crippen molar-refractivity contribution >= 4 is 28.4 Å². The van der Waals surface area contributed by atoms with Crippen molar-refractivity contribution < 1.29 is 4.79 Å². The van der Waals surface area contributed by atoms with Gasteiger partial charge in [-0.1, -0.05) is 11.6 Å². The highest BCUT2D eigenvalue weighted by molar-refractivity contribution is 6.67. The van der Waals surface area contributed by atoms with Crippen LogP contribution in [0.5, 0.6) is 0 Å². The second-order valence-corrected chi connectivity index (χ2v) is 3.55. The molecule has 0 aliphatic rings. The third-order valence-electron chi connectivity index (χ3n) is 1.75. The molecule has 6 heteroatoms. The lowest BCUT2D eigenvalue weighted by atomic mass is 10.3. The van der Waals surface area contributed by atoms with Crippen molar-refractivity contribution in [2.75, 3.05) is 0 Å². The number of carbonyl (C=O) groups is 1. The molecule has 4 nitrogen and oxygen atoms in total. The van der Waals surface area contributed by atoms with E-state index in [1.54, 1.807) is 24.3 Å². The van der Waals surface area contributed by atoms with Gasteiger partial charge in [0.25, 0.3) is 5.24 Å². The Labute approximate surface area is 95.4 Å². The van der Waals surface area contributed by atoms with Crippen LogP contribution in [0.1, 0.15) is 10.5 Å². The van der Waals surface area contributed by atoms with Gasteiger partial charge in [-0.3, -0.25) is 4.79 Å². The molecule has 1 aromatic carbocycles. The van der Waals surface area contributed by atoms with Crippen molar-refractivity contribution in [3.05, 3.63) is 41.2 Å². The molecule has 0 fully saturated rings. The van der Waals surface area contributed by atoms with E-state index >= 15 is 0 Å². The fourth-order valence-electron chi connectivity index (χ4n) is 1.05. The molecular weight excluding hydrogens is 237 g/mol. The van der Waals surface area contributed by atoms with Crippen LogP contribution in [0.2, 0.25) is 5.02 Å². The lowest BCUT2D eigenvalue weighted by Crippen LogP contribution is -1.99. The topological polar surface area (TPSA) is 47.8 Å². The number of aromatic nitrogens is 3. The molecule has 0 aliphatic carbocycles. The van der Waals surface area contributed by atoms with E-state index in [0.717, 1.165) is 0 Å². The average molecular weight is 242 g/mol. The highest BCUT2D eigenvalue weighted by Crippen LogP contribution is 2.12. The summed E-state index contributed by atoms with van der Waals surface area (Å²) in [7, 11) is 0. The molecule has 0 radical (unpaired) electrons. The van der Waals surface area contributed by atoms with Crippen molar-refractivity contribution in [1.29, 1.82) is 0 Å². The lowest BCUT2D eigenvalue weighted by molar-refractivity contribution is 0.107. The van der Waals surface area contributed by atoms with Gasteiger partial charge >= 0.3 is 0 Å². The predicted octanol–water partition coefficient (Wildman–Crippen LogP) is 2.30. The summed E-state index contributed by atoms with van der Waals surface area (Å²) < 4.78 is 0. The zero-order valence-corrected chi connectivity index (χ0v) is 8.90. The van der Waals surface area contributed by atoms with Gasteiger partial charge in [-0.05, 0) is 35.9 Å². The minimum atomic E-state index is -0.629.